The molecule has 1 aromatic carbocycles. The number of halogens is 2. The van der Waals surface area contributed by atoms with Crippen molar-refractivity contribution in [2.75, 3.05) is 18.4 Å². The normalized spacial score (nSPS) is 15.8. The van der Waals surface area contributed by atoms with Crippen LogP contribution < -0.4 is 15.4 Å². The molecule has 0 spiro atoms. The number of nitrogens with zero attached hydrogens (tertiary/aromatic N) is 3. The quantitative estimate of drug-likeness (QED) is 0.807. The number of rotatable bonds is 5. The molecule has 1 saturated heterocycles. The van der Waals surface area contributed by atoms with Crippen molar-refractivity contribution in [3.63, 3.8) is 0 Å². The predicted octanol–water partition coefficient (Wildman–Crippen LogP) is 2.76. The Labute approximate surface area is 163 Å². The lowest BCUT2D eigenvalue weighted by atomic mass is 9.98. The molecule has 9 heteroatoms. The summed E-state index contributed by atoms with van der Waals surface area (Å²) >= 11 is 6.06. The van der Waals surface area contributed by atoms with Crippen molar-refractivity contribution in [1.29, 1.82) is 0 Å². The van der Waals surface area contributed by atoms with Gasteiger partial charge in [-0.25, -0.2) is 4.68 Å². The Balaban J connectivity index is 0.00000243. The van der Waals surface area contributed by atoms with Gasteiger partial charge < -0.3 is 10.1 Å². The van der Waals surface area contributed by atoms with E-state index in [1.165, 1.54) is 0 Å². The summed E-state index contributed by atoms with van der Waals surface area (Å²) in [5.41, 5.74) is 0. The van der Waals surface area contributed by atoms with Gasteiger partial charge in [0.05, 0.1) is 5.02 Å². The number of carbonyl (C=O) groups is 1. The highest BCUT2D eigenvalue weighted by atomic mass is 35.5. The molecular formula is C17H23Cl2N5O2. The van der Waals surface area contributed by atoms with E-state index >= 15 is 0 Å². The van der Waals surface area contributed by atoms with Gasteiger partial charge in [-0.2, -0.15) is 10.1 Å². The zero-order chi connectivity index (χ0) is 17.8. The van der Waals surface area contributed by atoms with Gasteiger partial charge in [0.2, 0.25) is 5.95 Å². The van der Waals surface area contributed by atoms with E-state index in [1.54, 1.807) is 36.9 Å². The number of amides is 1. The van der Waals surface area contributed by atoms with Crippen LogP contribution in [0, 0.1) is 0 Å². The van der Waals surface area contributed by atoms with Gasteiger partial charge in [-0.3, -0.25) is 10.1 Å². The number of hydrogen-bond acceptors (Lipinski definition) is 5. The number of aryl methyl sites for hydroxylation is 1. The van der Waals surface area contributed by atoms with E-state index in [2.05, 4.69) is 20.7 Å². The second-order valence-corrected chi connectivity index (χ2v) is 6.53. The third-order valence-corrected chi connectivity index (χ3v) is 4.54. The second-order valence-electron chi connectivity index (χ2n) is 6.12. The average molecular weight is 400 g/mol. The van der Waals surface area contributed by atoms with Crippen LogP contribution in [0.1, 0.15) is 31.5 Å². The molecule has 7 nitrogen and oxygen atoms in total. The molecule has 1 aliphatic rings. The third kappa shape index (κ3) is 4.87. The Kier molecular flexibility index (Phi) is 7.25. The highest BCUT2D eigenvalue weighted by molar-refractivity contribution is 6.32. The Hall–Kier alpha value is -1.83. The van der Waals surface area contributed by atoms with Crippen molar-refractivity contribution in [2.24, 2.45) is 7.05 Å². The maximum atomic E-state index is 12.4. The number of hydrogen-bond donors (Lipinski definition) is 2. The molecule has 142 valence electrons. The molecule has 0 aliphatic carbocycles. The molecule has 2 N–H and O–H groups in total. The maximum absolute atomic E-state index is 12.4. The minimum atomic E-state index is -0.709. The van der Waals surface area contributed by atoms with Gasteiger partial charge >= 0.3 is 0 Å². The number of ether oxygens (including phenoxy) is 1. The standard InChI is InChI=1S/C17H22ClN5O2.ClH/c1-11(25-14-6-4-3-5-13(14)18)16(24)21-17-20-15(22-23(17)2)12-7-9-19-10-8-12;/h3-6,11-12,19H,7-10H2,1-2H3,(H,20,21,22,24);1H. The Morgan fingerprint density at radius 2 is 2.08 bits per heavy atom. The summed E-state index contributed by atoms with van der Waals surface area (Å²) in [5, 5.41) is 11.0. The third-order valence-electron chi connectivity index (χ3n) is 4.23. The monoisotopic (exact) mass is 399 g/mol. The summed E-state index contributed by atoms with van der Waals surface area (Å²) in [5.74, 6) is 1.70. The highest BCUT2D eigenvalue weighted by Gasteiger charge is 2.23. The van der Waals surface area contributed by atoms with Gasteiger partial charge in [0.15, 0.2) is 11.9 Å². The van der Waals surface area contributed by atoms with Gasteiger partial charge in [-0.15, -0.1) is 12.4 Å². The molecule has 0 saturated carbocycles. The molecule has 1 unspecified atom stereocenters. The zero-order valence-electron chi connectivity index (χ0n) is 14.7. The fourth-order valence-electron chi connectivity index (χ4n) is 2.76. The lowest BCUT2D eigenvalue weighted by molar-refractivity contribution is -0.122. The lowest BCUT2D eigenvalue weighted by Crippen LogP contribution is -2.31. The van der Waals surface area contributed by atoms with Crippen molar-refractivity contribution in [2.45, 2.75) is 31.8 Å². The molecule has 1 atom stereocenters. The molecule has 2 heterocycles. The molecule has 1 fully saturated rings. The van der Waals surface area contributed by atoms with E-state index in [0.717, 1.165) is 31.8 Å². The Bertz CT molecular complexity index is 747. The van der Waals surface area contributed by atoms with Crippen LogP contribution in [-0.2, 0) is 11.8 Å². The van der Waals surface area contributed by atoms with Gasteiger partial charge in [0.1, 0.15) is 5.75 Å². The second kappa shape index (κ2) is 9.21. The number of para-hydroxylation sites is 1. The van der Waals surface area contributed by atoms with E-state index < -0.39 is 6.10 Å². The average Bonchev–Trinajstić information content (AvgIpc) is 2.98. The summed E-state index contributed by atoms with van der Waals surface area (Å²) in [6.07, 6.45) is 1.30. The van der Waals surface area contributed by atoms with Gasteiger partial charge in [0, 0.05) is 13.0 Å². The van der Waals surface area contributed by atoms with Crippen LogP contribution in [0.15, 0.2) is 24.3 Å². The minimum Gasteiger partial charge on any atom is -0.479 e. The molecule has 3 rings (SSSR count). The lowest BCUT2D eigenvalue weighted by Gasteiger charge is -2.19. The highest BCUT2D eigenvalue weighted by Crippen LogP contribution is 2.25. The largest absolute Gasteiger partial charge is 0.479 e. The molecule has 2 aromatic rings. The van der Waals surface area contributed by atoms with Crippen LogP contribution in [-0.4, -0.2) is 39.9 Å². The zero-order valence-corrected chi connectivity index (χ0v) is 16.3. The first-order chi connectivity index (χ1) is 12.0. The molecule has 1 aromatic heterocycles. The predicted molar refractivity (Wildman–Crippen MR) is 103 cm³/mol. The smallest absolute Gasteiger partial charge is 0.267 e. The van der Waals surface area contributed by atoms with Crippen LogP contribution in [0.25, 0.3) is 0 Å². The van der Waals surface area contributed by atoms with E-state index in [1.807, 2.05) is 6.07 Å². The summed E-state index contributed by atoms with van der Waals surface area (Å²) in [6, 6.07) is 7.06. The molecule has 26 heavy (non-hydrogen) atoms. The molecular weight excluding hydrogens is 377 g/mol. The van der Waals surface area contributed by atoms with E-state index in [9.17, 15) is 4.79 Å². The van der Waals surface area contributed by atoms with Crippen molar-refractivity contribution >= 4 is 35.9 Å². The number of carbonyl (C=O) groups excluding carboxylic acids is 1. The number of aromatic nitrogens is 3. The van der Waals surface area contributed by atoms with E-state index in [4.69, 9.17) is 16.3 Å². The summed E-state index contributed by atoms with van der Waals surface area (Å²) < 4.78 is 7.23. The number of anilines is 1. The van der Waals surface area contributed by atoms with Crippen molar-refractivity contribution in [1.82, 2.24) is 20.1 Å². The van der Waals surface area contributed by atoms with Crippen molar-refractivity contribution < 1.29 is 9.53 Å². The number of benzene rings is 1. The molecule has 1 amide bonds. The van der Waals surface area contributed by atoms with Crippen LogP contribution in [0.5, 0.6) is 5.75 Å². The molecule has 0 bridgehead atoms. The number of nitrogens with one attached hydrogen (secondary N) is 2. The van der Waals surface area contributed by atoms with Crippen LogP contribution in [0.3, 0.4) is 0 Å². The first-order valence-electron chi connectivity index (χ1n) is 8.38. The molecule has 1 aliphatic heterocycles. The Morgan fingerprint density at radius 1 is 1.38 bits per heavy atom. The fourth-order valence-corrected chi connectivity index (χ4v) is 2.94. The number of piperidine rings is 1. The molecule has 0 radical (unpaired) electrons. The van der Waals surface area contributed by atoms with Crippen LogP contribution >= 0.6 is 24.0 Å². The van der Waals surface area contributed by atoms with Crippen molar-refractivity contribution in [3.8, 4) is 5.75 Å². The van der Waals surface area contributed by atoms with Gasteiger partial charge in [0.25, 0.3) is 5.91 Å². The van der Waals surface area contributed by atoms with Crippen molar-refractivity contribution in [3.05, 3.63) is 35.1 Å². The van der Waals surface area contributed by atoms with Gasteiger partial charge in [-0.05, 0) is 45.0 Å². The van der Waals surface area contributed by atoms with E-state index in [0.29, 0.717) is 22.6 Å². The van der Waals surface area contributed by atoms with Gasteiger partial charge in [-0.1, -0.05) is 23.7 Å². The first kappa shape index (κ1) is 20.5. The minimum absolute atomic E-state index is 0. The first-order valence-corrected chi connectivity index (χ1v) is 8.76. The summed E-state index contributed by atoms with van der Waals surface area (Å²) in [4.78, 5) is 16.9. The fraction of sp³-hybridized carbons (Fsp3) is 0.471. The van der Waals surface area contributed by atoms with Crippen LogP contribution in [0.2, 0.25) is 5.02 Å². The topological polar surface area (TPSA) is 81.1 Å². The summed E-state index contributed by atoms with van der Waals surface area (Å²) in [6.45, 7) is 3.60. The van der Waals surface area contributed by atoms with E-state index in [-0.39, 0.29) is 18.3 Å². The Morgan fingerprint density at radius 3 is 2.77 bits per heavy atom. The summed E-state index contributed by atoms with van der Waals surface area (Å²) in [7, 11) is 1.77. The van der Waals surface area contributed by atoms with Crippen LogP contribution in [0.4, 0.5) is 5.95 Å². The SMILES string of the molecule is CC(Oc1ccccc1Cl)C(=O)Nc1nc(C2CCNCC2)nn1C.Cl. The maximum Gasteiger partial charge on any atom is 0.267 e.